The lowest BCUT2D eigenvalue weighted by Gasteiger charge is -2.27. The molecule has 0 aliphatic carbocycles. The van der Waals surface area contributed by atoms with Gasteiger partial charge in [0.1, 0.15) is 0 Å². The molecule has 20 heavy (non-hydrogen) atoms. The number of carbonyl (C=O) groups is 1. The summed E-state index contributed by atoms with van der Waals surface area (Å²) < 4.78 is 7.03. The van der Waals surface area contributed by atoms with Crippen molar-refractivity contribution in [2.75, 3.05) is 26.3 Å². The zero-order valence-electron chi connectivity index (χ0n) is 12.0. The van der Waals surface area contributed by atoms with Crippen LogP contribution in [-0.2, 0) is 4.74 Å². The van der Waals surface area contributed by atoms with Gasteiger partial charge in [0.2, 0.25) is 0 Å². The number of hydrogen-bond acceptors (Lipinski definition) is 2. The highest BCUT2D eigenvalue weighted by molar-refractivity contribution is 5.92. The van der Waals surface area contributed by atoms with Crippen LogP contribution in [0.1, 0.15) is 25.3 Å². The molecule has 3 rings (SSSR count). The van der Waals surface area contributed by atoms with E-state index in [-0.39, 0.29) is 6.03 Å². The van der Waals surface area contributed by atoms with Crippen LogP contribution in [0.15, 0.2) is 30.5 Å². The molecule has 1 amide bonds. The van der Waals surface area contributed by atoms with Crippen molar-refractivity contribution in [1.29, 1.82) is 0 Å². The highest BCUT2D eigenvalue weighted by atomic mass is 16.5. The highest BCUT2D eigenvalue weighted by Crippen LogP contribution is 2.23. The SMILES string of the molecule is CC(C)c1ccc2c(ccn2C(=O)N2CCOCC2)c1. The van der Waals surface area contributed by atoms with Crippen LogP contribution >= 0.6 is 0 Å². The third-order valence-electron chi connectivity index (χ3n) is 3.87. The molecule has 2 aromatic rings. The van der Waals surface area contributed by atoms with Crippen molar-refractivity contribution in [1.82, 2.24) is 9.47 Å². The van der Waals surface area contributed by atoms with E-state index in [9.17, 15) is 4.79 Å². The van der Waals surface area contributed by atoms with E-state index < -0.39 is 0 Å². The lowest BCUT2D eigenvalue weighted by molar-refractivity contribution is 0.0538. The van der Waals surface area contributed by atoms with Crippen LogP contribution < -0.4 is 0 Å². The van der Waals surface area contributed by atoms with Crippen LogP contribution in [0.5, 0.6) is 0 Å². The minimum absolute atomic E-state index is 0.0422. The Bertz CT molecular complexity index is 624. The Hall–Kier alpha value is -1.81. The number of fused-ring (bicyclic) bond motifs is 1. The molecule has 4 heteroatoms. The summed E-state index contributed by atoms with van der Waals surface area (Å²) in [5.74, 6) is 0.498. The Kier molecular flexibility index (Phi) is 3.49. The summed E-state index contributed by atoms with van der Waals surface area (Å²) in [7, 11) is 0. The van der Waals surface area contributed by atoms with E-state index in [1.165, 1.54) is 5.56 Å². The van der Waals surface area contributed by atoms with Crippen LogP contribution in [0.3, 0.4) is 0 Å². The zero-order chi connectivity index (χ0) is 14.1. The quantitative estimate of drug-likeness (QED) is 0.799. The predicted molar refractivity (Wildman–Crippen MR) is 79.2 cm³/mol. The first kappa shape index (κ1) is 13.2. The number of nitrogens with zero attached hydrogens (tertiary/aromatic N) is 2. The first-order valence-corrected chi connectivity index (χ1v) is 7.15. The average Bonchev–Trinajstić information content (AvgIpc) is 2.90. The van der Waals surface area contributed by atoms with Gasteiger partial charge in [-0.15, -0.1) is 0 Å². The lowest BCUT2D eigenvalue weighted by Crippen LogP contribution is -2.42. The molecule has 0 atom stereocenters. The first-order chi connectivity index (χ1) is 9.66. The van der Waals surface area contributed by atoms with Crippen molar-refractivity contribution >= 4 is 16.9 Å². The van der Waals surface area contributed by atoms with Crippen molar-refractivity contribution in [3.8, 4) is 0 Å². The van der Waals surface area contributed by atoms with Crippen LogP contribution in [0.4, 0.5) is 4.79 Å². The van der Waals surface area contributed by atoms with Crippen LogP contribution in [0, 0.1) is 0 Å². The molecule has 1 aliphatic rings. The molecule has 1 aromatic heterocycles. The summed E-state index contributed by atoms with van der Waals surface area (Å²) in [5, 5.41) is 1.12. The maximum absolute atomic E-state index is 12.5. The maximum atomic E-state index is 12.5. The topological polar surface area (TPSA) is 34.5 Å². The Balaban J connectivity index is 1.93. The van der Waals surface area contributed by atoms with Gasteiger partial charge in [-0.1, -0.05) is 19.9 Å². The zero-order valence-corrected chi connectivity index (χ0v) is 12.0. The van der Waals surface area contributed by atoms with E-state index in [1.54, 1.807) is 4.57 Å². The second-order valence-corrected chi connectivity index (χ2v) is 5.54. The highest BCUT2D eigenvalue weighted by Gasteiger charge is 2.19. The number of benzene rings is 1. The molecule has 0 N–H and O–H groups in total. The number of hydrogen-bond donors (Lipinski definition) is 0. The van der Waals surface area contributed by atoms with Crippen molar-refractivity contribution in [3.05, 3.63) is 36.0 Å². The Morgan fingerprint density at radius 2 is 1.95 bits per heavy atom. The van der Waals surface area contributed by atoms with E-state index >= 15 is 0 Å². The summed E-state index contributed by atoms with van der Waals surface area (Å²) >= 11 is 0. The molecule has 1 aromatic carbocycles. The summed E-state index contributed by atoms with van der Waals surface area (Å²) in [4.78, 5) is 14.4. The van der Waals surface area contributed by atoms with Crippen molar-refractivity contribution in [3.63, 3.8) is 0 Å². The van der Waals surface area contributed by atoms with Crippen LogP contribution in [0.2, 0.25) is 0 Å². The normalized spacial score (nSPS) is 16.1. The molecule has 4 nitrogen and oxygen atoms in total. The molecule has 2 heterocycles. The van der Waals surface area contributed by atoms with Crippen LogP contribution in [0.25, 0.3) is 10.9 Å². The largest absolute Gasteiger partial charge is 0.378 e. The van der Waals surface area contributed by atoms with Gasteiger partial charge in [0.15, 0.2) is 0 Å². The smallest absolute Gasteiger partial charge is 0.328 e. The van der Waals surface area contributed by atoms with E-state index in [4.69, 9.17) is 4.74 Å². The number of morpholine rings is 1. The number of ether oxygens (including phenoxy) is 1. The summed E-state index contributed by atoms with van der Waals surface area (Å²) in [6.07, 6.45) is 1.87. The number of aromatic nitrogens is 1. The van der Waals surface area contributed by atoms with Crippen molar-refractivity contribution < 1.29 is 9.53 Å². The summed E-state index contributed by atoms with van der Waals surface area (Å²) in [5.41, 5.74) is 2.28. The van der Waals surface area contributed by atoms with E-state index in [1.807, 2.05) is 23.2 Å². The second-order valence-electron chi connectivity index (χ2n) is 5.54. The molecule has 0 spiro atoms. The molecular weight excluding hydrogens is 252 g/mol. The van der Waals surface area contributed by atoms with E-state index in [0.29, 0.717) is 32.2 Å². The summed E-state index contributed by atoms with van der Waals surface area (Å²) in [6, 6.07) is 8.38. The summed E-state index contributed by atoms with van der Waals surface area (Å²) in [6.45, 7) is 6.95. The third-order valence-corrected chi connectivity index (χ3v) is 3.87. The fraction of sp³-hybridized carbons (Fsp3) is 0.438. The fourth-order valence-electron chi connectivity index (χ4n) is 2.59. The molecule has 106 valence electrons. The number of rotatable bonds is 1. The van der Waals surface area contributed by atoms with E-state index in [0.717, 1.165) is 10.9 Å². The molecule has 1 fully saturated rings. The maximum Gasteiger partial charge on any atom is 0.328 e. The van der Waals surface area contributed by atoms with Gasteiger partial charge >= 0.3 is 6.03 Å². The minimum Gasteiger partial charge on any atom is -0.378 e. The molecule has 1 aliphatic heterocycles. The van der Waals surface area contributed by atoms with Crippen LogP contribution in [-0.4, -0.2) is 41.8 Å². The molecule has 0 radical (unpaired) electrons. The van der Waals surface area contributed by atoms with Gasteiger partial charge in [0, 0.05) is 24.7 Å². The molecule has 1 saturated heterocycles. The van der Waals surface area contributed by atoms with Crippen molar-refractivity contribution in [2.45, 2.75) is 19.8 Å². The van der Waals surface area contributed by atoms with Crippen molar-refractivity contribution in [2.24, 2.45) is 0 Å². The molecule has 0 bridgehead atoms. The standard InChI is InChI=1S/C16H20N2O2/c1-12(2)13-3-4-15-14(11-13)5-6-18(15)16(19)17-7-9-20-10-8-17/h3-6,11-12H,7-10H2,1-2H3. The number of carbonyl (C=O) groups excluding carboxylic acids is 1. The minimum atomic E-state index is 0.0422. The average molecular weight is 272 g/mol. The first-order valence-electron chi connectivity index (χ1n) is 7.15. The lowest BCUT2D eigenvalue weighted by atomic mass is 10.0. The second kappa shape index (κ2) is 5.29. The Morgan fingerprint density at radius 3 is 2.65 bits per heavy atom. The van der Waals surface area contributed by atoms with Gasteiger partial charge < -0.3 is 9.64 Å². The van der Waals surface area contributed by atoms with Gasteiger partial charge in [0.25, 0.3) is 0 Å². The van der Waals surface area contributed by atoms with Gasteiger partial charge in [-0.05, 0) is 29.7 Å². The molecule has 0 saturated carbocycles. The molecular formula is C16H20N2O2. The van der Waals surface area contributed by atoms with Gasteiger partial charge in [-0.2, -0.15) is 0 Å². The molecule has 0 unspecified atom stereocenters. The Morgan fingerprint density at radius 1 is 1.20 bits per heavy atom. The predicted octanol–water partition coefficient (Wildman–Crippen LogP) is 3.07. The van der Waals surface area contributed by atoms with Gasteiger partial charge in [0.05, 0.1) is 18.7 Å². The van der Waals surface area contributed by atoms with E-state index in [2.05, 4.69) is 26.0 Å². The fourth-order valence-corrected chi connectivity index (χ4v) is 2.59. The van der Waals surface area contributed by atoms with Gasteiger partial charge in [-0.3, -0.25) is 4.57 Å². The Labute approximate surface area is 118 Å². The third kappa shape index (κ3) is 2.31. The number of amides is 1. The van der Waals surface area contributed by atoms with Gasteiger partial charge in [-0.25, -0.2) is 4.79 Å². The monoisotopic (exact) mass is 272 g/mol.